The largest absolute Gasteiger partial charge is 0.494 e. The van der Waals surface area contributed by atoms with Gasteiger partial charge in [-0.3, -0.25) is 4.79 Å². The number of hydrogen-bond donors (Lipinski definition) is 1. The average molecular weight is 405 g/mol. The van der Waals surface area contributed by atoms with Gasteiger partial charge in [-0.1, -0.05) is 51.8 Å². The summed E-state index contributed by atoms with van der Waals surface area (Å²) in [4.78, 5) is 11.1. The van der Waals surface area contributed by atoms with E-state index in [2.05, 4.69) is 53.2 Å². The Labute approximate surface area is 158 Å². The van der Waals surface area contributed by atoms with Crippen molar-refractivity contribution in [2.75, 3.05) is 6.61 Å². The summed E-state index contributed by atoms with van der Waals surface area (Å²) in [6.45, 7) is 6.09. The normalized spacial score (nSPS) is 11.4. The summed E-state index contributed by atoms with van der Waals surface area (Å²) in [6.07, 6.45) is 1.30. The molecule has 2 aromatic carbocycles. The van der Waals surface area contributed by atoms with Gasteiger partial charge in [0.2, 0.25) is 0 Å². The second-order valence-corrected chi connectivity index (χ2v) is 7.52. The van der Waals surface area contributed by atoms with Crippen LogP contribution in [0, 0.1) is 12.3 Å². The fraction of sp³-hybridized carbons (Fsp3) is 0.381. The van der Waals surface area contributed by atoms with E-state index in [0.717, 1.165) is 11.1 Å². The summed E-state index contributed by atoms with van der Waals surface area (Å²) in [7, 11) is 0. The van der Waals surface area contributed by atoms with Crippen molar-refractivity contribution >= 4 is 21.9 Å². The molecule has 0 radical (unpaired) electrons. The number of aliphatic carboxylic acids is 1. The summed E-state index contributed by atoms with van der Waals surface area (Å²) >= 11 is 3.56. The van der Waals surface area contributed by atoms with Crippen molar-refractivity contribution in [1.82, 2.24) is 0 Å². The monoisotopic (exact) mass is 404 g/mol. The zero-order chi connectivity index (χ0) is 18.4. The third-order valence-electron chi connectivity index (χ3n) is 4.38. The fourth-order valence-corrected chi connectivity index (χ4v) is 3.06. The Morgan fingerprint density at radius 3 is 2.44 bits per heavy atom. The molecule has 2 aromatic rings. The second kappa shape index (κ2) is 8.52. The number of hydrogen-bond acceptors (Lipinski definition) is 2. The number of carboxylic acid groups (broad SMARTS) is 1. The molecule has 3 nitrogen and oxygen atoms in total. The van der Waals surface area contributed by atoms with Gasteiger partial charge in [0.05, 0.1) is 12.0 Å². The van der Waals surface area contributed by atoms with E-state index in [1.165, 1.54) is 22.3 Å². The van der Waals surface area contributed by atoms with Crippen LogP contribution in [0.5, 0.6) is 5.75 Å². The lowest BCUT2D eigenvalue weighted by Crippen LogP contribution is -2.24. The van der Waals surface area contributed by atoms with E-state index in [-0.39, 0.29) is 0 Å². The molecular weight excluding hydrogens is 380 g/mol. The minimum absolute atomic E-state index is 0.516. The van der Waals surface area contributed by atoms with Crippen LogP contribution in [-0.2, 0) is 10.1 Å². The van der Waals surface area contributed by atoms with Crippen molar-refractivity contribution < 1.29 is 14.6 Å². The van der Waals surface area contributed by atoms with Crippen molar-refractivity contribution in [2.24, 2.45) is 5.41 Å². The number of carbonyl (C=O) groups is 1. The van der Waals surface area contributed by atoms with Gasteiger partial charge in [0, 0.05) is 5.33 Å². The molecule has 0 saturated heterocycles. The van der Waals surface area contributed by atoms with Crippen LogP contribution in [0.1, 0.15) is 37.8 Å². The highest BCUT2D eigenvalue weighted by atomic mass is 79.9. The third-order valence-corrected chi connectivity index (χ3v) is 4.98. The molecule has 0 aliphatic carbocycles. The van der Waals surface area contributed by atoms with Crippen molar-refractivity contribution in [1.29, 1.82) is 0 Å². The number of aryl methyl sites for hydroxylation is 1. The number of alkyl halides is 1. The Hall–Kier alpha value is -1.81. The number of benzene rings is 2. The molecule has 0 aliphatic heterocycles. The molecule has 0 aromatic heterocycles. The lowest BCUT2D eigenvalue weighted by Gasteiger charge is -2.19. The Kier molecular flexibility index (Phi) is 6.65. The highest BCUT2D eigenvalue weighted by molar-refractivity contribution is 9.08. The lowest BCUT2D eigenvalue weighted by molar-refractivity contribution is -0.147. The molecule has 0 bridgehead atoms. The molecule has 0 aliphatic rings. The fourth-order valence-electron chi connectivity index (χ4n) is 2.60. The molecule has 0 unspecified atom stereocenters. The van der Waals surface area contributed by atoms with Crippen LogP contribution in [0.25, 0.3) is 11.1 Å². The first-order chi connectivity index (χ1) is 11.8. The van der Waals surface area contributed by atoms with Crippen LogP contribution in [0.15, 0.2) is 42.5 Å². The van der Waals surface area contributed by atoms with Gasteiger partial charge in [-0.25, -0.2) is 0 Å². The molecule has 0 spiro atoms. The minimum atomic E-state index is -0.767. The van der Waals surface area contributed by atoms with E-state index in [1.54, 1.807) is 13.8 Å². The van der Waals surface area contributed by atoms with E-state index in [9.17, 15) is 4.79 Å². The molecule has 25 heavy (non-hydrogen) atoms. The van der Waals surface area contributed by atoms with Crippen LogP contribution in [0.3, 0.4) is 0 Å². The first-order valence-corrected chi connectivity index (χ1v) is 9.58. The molecule has 0 amide bonds. The van der Waals surface area contributed by atoms with Gasteiger partial charge in [0.1, 0.15) is 5.75 Å². The second-order valence-electron chi connectivity index (χ2n) is 6.96. The number of carboxylic acids is 1. The van der Waals surface area contributed by atoms with Crippen LogP contribution in [0.4, 0.5) is 0 Å². The summed E-state index contributed by atoms with van der Waals surface area (Å²) in [5, 5.41) is 9.89. The Morgan fingerprint density at radius 2 is 1.84 bits per heavy atom. The molecule has 0 saturated carbocycles. The summed E-state index contributed by atoms with van der Waals surface area (Å²) < 4.78 is 5.82. The van der Waals surface area contributed by atoms with Crippen LogP contribution in [-0.4, -0.2) is 17.7 Å². The van der Waals surface area contributed by atoms with Gasteiger partial charge in [-0.2, -0.15) is 0 Å². The topological polar surface area (TPSA) is 46.5 Å². The molecular formula is C21H25BrO3. The highest BCUT2D eigenvalue weighted by Gasteiger charge is 2.26. The van der Waals surface area contributed by atoms with Gasteiger partial charge in [0.25, 0.3) is 0 Å². The molecule has 1 N–H and O–H groups in total. The van der Waals surface area contributed by atoms with E-state index in [1.807, 2.05) is 12.1 Å². The van der Waals surface area contributed by atoms with Crippen molar-refractivity contribution in [3.63, 3.8) is 0 Å². The summed E-state index contributed by atoms with van der Waals surface area (Å²) in [5.74, 6) is 0.0509. The van der Waals surface area contributed by atoms with E-state index >= 15 is 0 Å². The maximum absolute atomic E-state index is 11.1. The standard InChI is InChI=1S/C21H25BrO3/c1-15-5-7-16(8-6-15)19-10-9-18(13-17(19)14-22)25-12-4-11-21(2,3)20(23)24/h5-10,13H,4,11-12,14H2,1-3H3,(H,23,24). The maximum Gasteiger partial charge on any atom is 0.309 e. The Morgan fingerprint density at radius 1 is 1.16 bits per heavy atom. The summed E-state index contributed by atoms with van der Waals surface area (Å²) in [6, 6.07) is 14.6. The Balaban J connectivity index is 2.01. The molecule has 134 valence electrons. The van der Waals surface area contributed by atoms with Crippen molar-refractivity contribution in [3.05, 3.63) is 53.6 Å². The van der Waals surface area contributed by atoms with Gasteiger partial charge in [0.15, 0.2) is 0 Å². The Bertz CT molecular complexity index is 720. The SMILES string of the molecule is Cc1ccc(-c2ccc(OCCCC(C)(C)C(=O)O)cc2CBr)cc1. The minimum Gasteiger partial charge on any atom is -0.494 e. The van der Waals surface area contributed by atoms with Gasteiger partial charge in [-0.15, -0.1) is 0 Å². The zero-order valence-corrected chi connectivity index (χ0v) is 16.6. The smallest absolute Gasteiger partial charge is 0.309 e. The third kappa shape index (κ3) is 5.33. The first-order valence-electron chi connectivity index (χ1n) is 8.45. The molecule has 2 rings (SSSR count). The summed E-state index contributed by atoms with van der Waals surface area (Å²) in [5.41, 5.74) is 4.09. The predicted octanol–water partition coefficient (Wildman–Crippen LogP) is 5.83. The van der Waals surface area contributed by atoms with Crippen molar-refractivity contribution in [3.8, 4) is 16.9 Å². The quantitative estimate of drug-likeness (QED) is 0.444. The molecule has 0 atom stereocenters. The molecule has 4 heteroatoms. The number of ether oxygens (including phenoxy) is 1. The zero-order valence-electron chi connectivity index (χ0n) is 15.0. The van der Waals surface area contributed by atoms with Crippen LogP contribution >= 0.6 is 15.9 Å². The number of rotatable bonds is 8. The van der Waals surface area contributed by atoms with Gasteiger partial charge < -0.3 is 9.84 Å². The van der Waals surface area contributed by atoms with Gasteiger partial charge >= 0.3 is 5.97 Å². The van der Waals surface area contributed by atoms with Crippen molar-refractivity contribution in [2.45, 2.75) is 38.9 Å². The average Bonchev–Trinajstić information content (AvgIpc) is 2.59. The highest BCUT2D eigenvalue weighted by Crippen LogP contribution is 2.30. The molecule has 0 heterocycles. The number of halogens is 1. The predicted molar refractivity (Wildman–Crippen MR) is 105 cm³/mol. The van der Waals surface area contributed by atoms with Crippen LogP contribution < -0.4 is 4.74 Å². The molecule has 0 fully saturated rings. The van der Waals surface area contributed by atoms with E-state index in [0.29, 0.717) is 19.4 Å². The first kappa shape index (κ1) is 19.5. The lowest BCUT2D eigenvalue weighted by atomic mass is 9.88. The van der Waals surface area contributed by atoms with Gasteiger partial charge in [-0.05, 0) is 62.4 Å². The van der Waals surface area contributed by atoms with E-state index in [4.69, 9.17) is 9.84 Å². The van der Waals surface area contributed by atoms with E-state index < -0.39 is 11.4 Å². The maximum atomic E-state index is 11.1. The van der Waals surface area contributed by atoms with Crippen LogP contribution in [0.2, 0.25) is 0 Å².